The van der Waals surface area contributed by atoms with Crippen molar-refractivity contribution in [1.29, 1.82) is 0 Å². The summed E-state index contributed by atoms with van der Waals surface area (Å²) in [5.41, 5.74) is -0.856. The van der Waals surface area contributed by atoms with Crippen LogP contribution in [-0.4, -0.2) is 35.2 Å². The van der Waals surface area contributed by atoms with E-state index in [-0.39, 0.29) is 11.8 Å². The summed E-state index contributed by atoms with van der Waals surface area (Å²) in [6.45, 7) is 6.13. The lowest BCUT2D eigenvalue weighted by molar-refractivity contribution is -0.147. The molecule has 1 fully saturated rings. The molecule has 5 nitrogen and oxygen atoms in total. The second-order valence-corrected chi connectivity index (χ2v) is 5.18. The van der Waals surface area contributed by atoms with Gasteiger partial charge in [-0.1, -0.05) is 13.8 Å². The van der Waals surface area contributed by atoms with Crippen LogP contribution in [0.25, 0.3) is 0 Å². The maximum Gasteiger partial charge on any atom is 0.326 e. The fourth-order valence-electron chi connectivity index (χ4n) is 1.96. The monoisotopic (exact) mass is 243 g/mol. The zero-order valence-electron chi connectivity index (χ0n) is 10.7. The first-order chi connectivity index (χ1) is 7.85. The average Bonchev–Trinajstić information content (AvgIpc) is 2.64. The van der Waals surface area contributed by atoms with E-state index in [2.05, 4.69) is 5.32 Å². The van der Waals surface area contributed by atoms with Gasteiger partial charge in [0.15, 0.2) is 0 Å². The molecule has 0 aliphatic carbocycles. The Labute approximate surface area is 102 Å². The summed E-state index contributed by atoms with van der Waals surface area (Å²) in [5, 5.41) is 11.6. The van der Waals surface area contributed by atoms with Crippen molar-refractivity contribution < 1.29 is 19.4 Å². The van der Waals surface area contributed by atoms with E-state index in [1.807, 2.05) is 13.8 Å². The van der Waals surface area contributed by atoms with Gasteiger partial charge in [0.1, 0.15) is 11.6 Å². The summed E-state index contributed by atoms with van der Waals surface area (Å²) >= 11 is 0. The first-order valence-electron chi connectivity index (χ1n) is 6.03. The quantitative estimate of drug-likeness (QED) is 0.760. The topological polar surface area (TPSA) is 75.6 Å². The minimum absolute atomic E-state index is 0.216. The second-order valence-electron chi connectivity index (χ2n) is 5.18. The van der Waals surface area contributed by atoms with Crippen LogP contribution >= 0.6 is 0 Å². The molecule has 17 heavy (non-hydrogen) atoms. The predicted molar refractivity (Wildman–Crippen MR) is 62.6 cm³/mol. The molecule has 0 saturated carbocycles. The third kappa shape index (κ3) is 3.70. The van der Waals surface area contributed by atoms with E-state index in [1.165, 1.54) is 0 Å². The number of amides is 1. The lowest BCUT2D eigenvalue weighted by Crippen LogP contribution is -2.51. The highest BCUT2D eigenvalue weighted by Crippen LogP contribution is 2.25. The van der Waals surface area contributed by atoms with Crippen molar-refractivity contribution in [2.24, 2.45) is 5.92 Å². The Morgan fingerprint density at radius 2 is 2.12 bits per heavy atom. The summed E-state index contributed by atoms with van der Waals surface area (Å²) in [5.74, 6) is -1.09. The average molecular weight is 243 g/mol. The molecule has 2 N–H and O–H groups in total. The smallest absolute Gasteiger partial charge is 0.326 e. The maximum absolute atomic E-state index is 12.0. The zero-order chi connectivity index (χ0) is 13.1. The molecule has 1 aliphatic rings. The van der Waals surface area contributed by atoms with Gasteiger partial charge in [0.2, 0.25) is 0 Å². The number of hydrogen-bond donors (Lipinski definition) is 2. The molecule has 0 bridgehead atoms. The lowest BCUT2D eigenvalue weighted by Gasteiger charge is -2.25. The van der Waals surface area contributed by atoms with Gasteiger partial charge in [-0.15, -0.1) is 0 Å². The van der Waals surface area contributed by atoms with Crippen molar-refractivity contribution >= 4 is 11.9 Å². The third-order valence-electron chi connectivity index (χ3n) is 3.01. The van der Waals surface area contributed by atoms with Gasteiger partial charge in [-0.25, -0.2) is 4.79 Å². The highest BCUT2D eigenvalue weighted by molar-refractivity contribution is 5.89. The number of carboxylic acids is 1. The Balaban J connectivity index is 2.60. The Morgan fingerprint density at radius 1 is 1.47 bits per heavy atom. The van der Waals surface area contributed by atoms with Gasteiger partial charge < -0.3 is 15.2 Å². The SMILES string of the molecule is CC(C)C[C@@H](NC(=O)C1(C)CCCO1)C(=O)O. The molecule has 98 valence electrons. The molecule has 0 spiro atoms. The Kier molecular flexibility index (Phi) is 4.51. The Bertz CT molecular complexity index is 295. The van der Waals surface area contributed by atoms with Crippen LogP contribution in [0.5, 0.6) is 0 Å². The normalized spacial score (nSPS) is 25.9. The van der Waals surface area contributed by atoms with E-state index in [0.29, 0.717) is 19.4 Å². The van der Waals surface area contributed by atoms with Crippen LogP contribution in [-0.2, 0) is 14.3 Å². The standard InChI is InChI=1S/C12H21NO4/c1-8(2)7-9(10(14)15)13-11(16)12(3)5-4-6-17-12/h8-9H,4-7H2,1-3H3,(H,13,16)(H,14,15)/t9-,12?/m1/s1. The van der Waals surface area contributed by atoms with E-state index in [9.17, 15) is 9.59 Å². The van der Waals surface area contributed by atoms with Gasteiger partial charge in [0.05, 0.1) is 0 Å². The molecule has 0 radical (unpaired) electrons. The van der Waals surface area contributed by atoms with Crippen molar-refractivity contribution in [3.8, 4) is 0 Å². The van der Waals surface area contributed by atoms with Gasteiger partial charge in [-0.05, 0) is 32.1 Å². The van der Waals surface area contributed by atoms with Gasteiger partial charge in [0, 0.05) is 6.61 Å². The third-order valence-corrected chi connectivity index (χ3v) is 3.01. The molecule has 0 aromatic heterocycles. The van der Waals surface area contributed by atoms with Gasteiger partial charge >= 0.3 is 5.97 Å². The largest absolute Gasteiger partial charge is 0.480 e. The van der Waals surface area contributed by atoms with Gasteiger partial charge in [-0.2, -0.15) is 0 Å². The number of hydrogen-bond acceptors (Lipinski definition) is 3. The van der Waals surface area contributed by atoms with Crippen LogP contribution in [0.1, 0.15) is 40.0 Å². The number of aliphatic carboxylic acids is 1. The first-order valence-corrected chi connectivity index (χ1v) is 6.03. The van der Waals surface area contributed by atoms with Crippen LogP contribution in [0.2, 0.25) is 0 Å². The lowest BCUT2D eigenvalue weighted by atomic mass is 9.99. The predicted octanol–water partition coefficient (Wildman–Crippen LogP) is 1.17. The van der Waals surface area contributed by atoms with E-state index < -0.39 is 17.6 Å². The summed E-state index contributed by atoms with van der Waals surface area (Å²) in [6.07, 6.45) is 1.91. The molecular weight excluding hydrogens is 222 g/mol. The highest BCUT2D eigenvalue weighted by Gasteiger charge is 2.39. The van der Waals surface area contributed by atoms with Crippen LogP contribution in [0.3, 0.4) is 0 Å². The molecule has 1 aliphatic heterocycles. The van der Waals surface area contributed by atoms with E-state index in [0.717, 1.165) is 6.42 Å². The van der Waals surface area contributed by atoms with Crippen molar-refractivity contribution in [1.82, 2.24) is 5.32 Å². The van der Waals surface area contributed by atoms with Crippen LogP contribution in [0.4, 0.5) is 0 Å². The van der Waals surface area contributed by atoms with E-state index >= 15 is 0 Å². The molecule has 1 unspecified atom stereocenters. The second kappa shape index (κ2) is 5.49. The summed E-state index contributed by atoms with van der Waals surface area (Å²) in [6, 6.07) is -0.830. The molecule has 1 amide bonds. The molecule has 5 heteroatoms. The molecule has 1 saturated heterocycles. The van der Waals surface area contributed by atoms with Gasteiger partial charge in [-0.3, -0.25) is 4.79 Å². The van der Waals surface area contributed by atoms with Crippen LogP contribution < -0.4 is 5.32 Å². The Morgan fingerprint density at radius 3 is 2.53 bits per heavy atom. The van der Waals surface area contributed by atoms with E-state index in [1.54, 1.807) is 6.92 Å². The van der Waals surface area contributed by atoms with Crippen LogP contribution in [0.15, 0.2) is 0 Å². The van der Waals surface area contributed by atoms with E-state index in [4.69, 9.17) is 9.84 Å². The highest BCUT2D eigenvalue weighted by atomic mass is 16.5. The zero-order valence-corrected chi connectivity index (χ0v) is 10.7. The molecule has 1 heterocycles. The first kappa shape index (κ1) is 14.0. The summed E-state index contributed by atoms with van der Waals surface area (Å²) in [7, 11) is 0. The molecular formula is C12H21NO4. The number of carbonyl (C=O) groups is 2. The van der Waals surface area contributed by atoms with Crippen molar-refractivity contribution in [2.75, 3.05) is 6.61 Å². The summed E-state index contributed by atoms with van der Waals surface area (Å²) < 4.78 is 5.38. The fourth-order valence-corrected chi connectivity index (χ4v) is 1.96. The van der Waals surface area contributed by atoms with Crippen molar-refractivity contribution in [2.45, 2.75) is 51.7 Å². The van der Waals surface area contributed by atoms with Crippen molar-refractivity contribution in [3.63, 3.8) is 0 Å². The molecule has 1 rings (SSSR count). The Hall–Kier alpha value is -1.10. The number of ether oxygens (including phenoxy) is 1. The number of nitrogens with one attached hydrogen (secondary N) is 1. The number of rotatable bonds is 5. The fraction of sp³-hybridized carbons (Fsp3) is 0.833. The molecule has 0 aromatic rings. The number of carboxylic acid groups (broad SMARTS) is 1. The molecule has 0 aromatic carbocycles. The molecule has 2 atom stereocenters. The maximum atomic E-state index is 12.0. The van der Waals surface area contributed by atoms with Crippen LogP contribution in [0, 0.1) is 5.92 Å². The minimum Gasteiger partial charge on any atom is -0.480 e. The minimum atomic E-state index is -0.992. The number of carbonyl (C=O) groups excluding carboxylic acids is 1. The van der Waals surface area contributed by atoms with Crippen molar-refractivity contribution in [3.05, 3.63) is 0 Å². The summed E-state index contributed by atoms with van der Waals surface area (Å²) in [4.78, 5) is 23.0. The van der Waals surface area contributed by atoms with Gasteiger partial charge in [0.25, 0.3) is 5.91 Å².